The molecule has 0 atom stereocenters. The Bertz CT molecular complexity index is 187. The number of carbonyl (C=O) groups excluding carboxylic acids is 1. The smallest absolute Gasteiger partial charge is 0.153 e. The van der Waals surface area contributed by atoms with Crippen LogP contribution in [-0.2, 0) is 4.79 Å². The molecular formula is C8H10O2. The van der Waals surface area contributed by atoms with Gasteiger partial charge in [0.2, 0.25) is 0 Å². The predicted molar refractivity (Wildman–Crippen MR) is 40.7 cm³/mol. The quantitative estimate of drug-likeness (QED) is 0.279. The first-order valence-electron chi connectivity index (χ1n) is 2.89. The van der Waals surface area contributed by atoms with E-state index in [1.54, 1.807) is 6.92 Å². The van der Waals surface area contributed by atoms with Gasteiger partial charge < -0.3 is 5.11 Å². The minimum atomic E-state index is -0.0486. The van der Waals surface area contributed by atoms with Crippen LogP contribution in [0, 0.1) is 0 Å². The van der Waals surface area contributed by atoms with Crippen molar-refractivity contribution in [3.8, 4) is 0 Å². The lowest BCUT2D eigenvalue weighted by Gasteiger charge is -1.93. The Kier molecular flexibility index (Phi) is 3.96. The zero-order chi connectivity index (χ0) is 7.98. The Morgan fingerprint density at radius 2 is 2.20 bits per heavy atom. The van der Waals surface area contributed by atoms with E-state index in [0.29, 0.717) is 6.29 Å². The maximum atomic E-state index is 10.1. The monoisotopic (exact) mass is 138 g/mol. The lowest BCUT2D eigenvalue weighted by Crippen LogP contribution is -1.88. The van der Waals surface area contributed by atoms with Crippen molar-refractivity contribution >= 4 is 6.29 Å². The standard InChI is InChI=1S/C8H10O2/c1-3-5-8(10)7(4-2)6-9/h3-6,10H,1H2,2H3/b7-4-,8-5+. The molecule has 0 radical (unpaired) electrons. The van der Waals surface area contributed by atoms with Gasteiger partial charge in [-0.3, -0.25) is 4.79 Å². The molecule has 0 unspecified atom stereocenters. The van der Waals surface area contributed by atoms with Crippen molar-refractivity contribution in [1.29, 1.82) is 0 Å². The molecule has 0 spiro atoms. The molecule has 0 fully saturated rings. The molecule has 0 aliphatic carbocycles. The number of hydrogen-bond acceptors (Lipinski definition) is 2. The lowest BCUT2D eigenvalue weighted by atomic mass is 10.2. The van der Waals surface area contributed by atoms with E-state index in [1.165, 1.54) is 18.2 Å². The Hall–Kier alpha value is -1.31. The highest BCUT2D eigenvalue weighted by molar-refractivity contribution is 5.78. The molecule has 0 heterocycles. The zero-order valence-corrected chi connectivity index (χ0v) is 5.87. The highest BCUT2D eigenvalue weighted by Crippen LogP contribution is 2.01. The van der Waals surface area contributed by atoms with Crippen LogP contribution in [0.2, 0.25) is 0 Å². The first-order valence-corrected chi connectivity index (χ1v) is 2.89. The fourth-order valence-electron chi connectivity index (χ4n) is 0.484. The molecule has 0 amide bonds. The van der Waals surface area contributed by atoms with Crippen LogP contribution in [-0.4, -0.2) is 11.4 Å². The van der Waals surface area contributed by atoms with Crippen molar-refractivity contribution in [2.75, 3.05) is 0 Å². The molecule has 54 valence electrons. The summed E-state index contributed by atoms with van der Waals surface area (Å²) in [5.41, 5.74) is 0.278. The minimum absolute atomic E-state index is 0.0486. The number of allylic oxidation sites excluding steroid dienone is 4. The van der Waals surface area contributed by atoms with Crippen LogP contribution < -0.4 is 0 Å². The minimum Gasteiger partial charge on any atom is -0.507 e. The van der Waals surface area contributed by atoms with Crippen LogP contribution >= 0.6 is 0 Å². The average molecular weight is 138 g/mol. The van der Waals surface area contributed by atoms with E-state index in [9.17, 15) is 4.79 Å². The average Bonchev–Trinajstić information content (AvgIpc) is 1.91. The van der Waals surface area contributed by atoms with E-state index < -0.39 is 0 Å². The highest BCUT2D eigenvalue weighted by Gasteiger charge is 1.96. The van der Waals surface area contributed by atoms with Crippen molar-refractivity contribution < 1.29 is 9.90 Å². The lowest BCUT2D eigenvalue weighted by molar-refractivity contribution is -0.104. The fourth-order valence-corrected chi connectivity index (χ4v) is 0.484. The van der Waals surface area contributed by atoms with Crippen LogP contribution in [0.4, 0.5) is 0 Å². The first-order chi connectivity index (χ1) is 4.76. The maximum absolute atomic E-state index is 10.1. The Balaban J connectivity index is 4.45. The Labute approximate surface area is 60.2 Å². The molecular weight excluding hydrogens is 128 g/mol. The van der Waals surface area contributed by atoms with Crippen LogP contribution in [0.5, 0.6) is 0 Å². The van der Waals surface area contributed by atoms with Gasteiger partial charge in [-0.15, -0.1) is 0 Å². The van der Waals surface area contributed by atoms with E-state index in [1.807, 2.05) is 0 Å². The molecule has 0 saturated heterocycles. The van der Waals surface area contributed by atoms with E-state index >= 15 is 0 Å². The molecule has 2 nitrogen and oxygen atoms in total. The van der Waals surface area contributed by atoms with E-state index in [0.717, 1.165) is 0 Å². The Morgan fingerprint density at radius 3 is 2.50 bits per heavy atom. The molecule has 0 aliphatic rings. The second-order valence-electron chi connectivity index (χ2n) is 1.65. The highest BCUT2D eigenvalue weighted by atomic mass is 16.3. The summed E-state index contributed by atoms with van der Waals surface area (Å²) in [6.07, 6.45) is 4.91. The topological polar surface area (TPSA) is 37.3 Å². The summed E-state index contributed by atoms with van der Waals surface area (Å²) in [5.74, 6) is -0.0486. The summed E-state index contributed by atoms with van der Waals surface area (Å²) >= 11 is 0. The zero-order valence-electron chi connectivity index (χ0n) is 5.87. The summed E-state index contributed by atoms with van der Waals surface area (Å²) < 4.78 is 0. The largest absolute Gasteiger partial charge is 0.507 e. The van der Waals surface area contributed by atoms with Gasteiger partial charge in [-0.05, 0) is 13.0 Å². The Morgan fingerprint density at radius 1 is 1.60 bits per heavy atom. The molecule has 0 aliphatic heterocycles. The van der Waals surface area contributed by atoms with Gasteiger partial charge in [0.25, 0.3) is 0 Å². The summed E-state index contributed by atoms with van der Waals surface area (Å²) in [4.78, 5) is 10.1. The molecule has 0 aromatic rings. The van der Waals surface area contributed by atoms with Gasteiger partial charge in [0.05, 0.1) is 5.57 Å². The van der Waals surface area contributed by atoms with Crippen LogP contribution in [0.15, 0.2) is 36.1 Å². The van der Waals surface area contributed by atoms with Crippen LogP contribution in [0.3, 0.4) is 0 Å². The van der Waals surface area contributed by atoms with Crippen molar-refractivity contribution in [3.63, 3.8) is 0 Å². The van der Waals surface area contributed by atoms with Gasteiger partial charge >= 0.3 is 0 Å². The fraction of sp³-hybridized carbons (Fsp3) is 0.125. The molecule has 0 rings (SSSR count). The number of aliphatic hydroxyl groups is 1. The molecule has 0 aromatic carbocycles. The molecule has 1 N–H and O–H groups in total. The number of hydrogen-bond donors (Lipinski definition) is 1. The third kappa shape index (κ3) is 2.31. The normalized spacial score (nSPS) is 12.9. The van der Waals surface area contributed by atoms with Gasteiger partial charge in [0.1, 0.15) is 5.76 Å². The third-order valence-electron chi connectivity index (χ3n) is 1.01. The number of aldehydes is 1. The number of carbonyl (C=O) groups is 1. The van der Waals surface area contributed by atoms with Gasteiger partial charge in [0, 0.05) is 0 Å². The van der Waals surface area contributed by atoms with Gasteiger partial charge in [-0.25, -0.2) is 0 Å². The first kappa shape index (κ1) is 8.69. The molecule has 10 heavy (non-hydrogen) atoms. The number of aliphatic hydroxyl groups excluding tert-OH is 1. The second kappa shape index (κ2) is 4.56. The summed E-state index contributed by atoms with van der Waals surface area (Å²) in [6, 6.07) is 0. The van der Waals surface area contributed by atoms with Gasteiger partial charge in [0.15, 0.2) is 6.29 Å². The van der Waals surface area contributed by atoms with E-state index in [4.69, 9.17) is 5.11 Å². The van der Waals surface area contributed by atoms with Crippen LogP contribution in [0.25, 0.3) is 0 Å². The van der Waals surface area contributed by atoms with Gasteiger partial charge in [-0.1, -0.05) is 18.7 Å². The maximum Gasteiger partial charge on any atom is 0.153 e. The molecule has 0 saturated carbocycles. The van der Waals surface area contributed by atoms with Crippen molar-refractivity contribution in [3.05, 3.63) is 36.1 Å². The third-order valence-corrected chi connectivity index (χ3v) is 1.01. The van der Waals surface area contributed by atoms with Crippen molar-refractivity contribution in [1.82, 2.24) is 0 Å². The predicted octanol–water partition coefficient (Wildman–Crippen LogP) is 1.76. The molecule has 2 heteroatoms. The second-order valence-corrected chi connectivity index (χ2v) is 1.65. The van der Waals surface area contributed by atoms with Crippen molar-refractivity contribution in [2.45, 2.75) is 6.92 Å². The van der Waals surface area contributed by atoms with E-state index in [-0.39, 0.29) is 11.3 Å². The summed E-state index contributed by atoms with van der Waals surface area (Å²) in [7, 11) is 0. The number of rotatable bonds is 3. The summed E-state index contributed by atoms with van der Waals surface area (Å²) in [6.45, 7) is 5.05. The van der Waals surface area contributed by atoms with E-state index in [2.05, 4.69) is 6.58 Å². The summed E-state index contributed by atoms with van der Waals surface area (Å²) in [5, 5.41) is 9.00. The SMILES string of the molecule is C=C/C=C(O)\C(C=O)=C/C. The van der Waals surface area contributed by atoms with Crippen molar-refractivity contribution in [2.24, 2.45) is 0 Å². The molecule has 0 aromatic heterocycles. The molecule has 0 bridgehead atoms. The van der Waals surface area contributed by atoms with Gasteiger partial charge in [-0.2, -0.15) is 0 Å². The van der Waals surface area contributed by atoms with Crippen LogP contribution in [0.1, 0.15) is 6.92 Å².